The van der Waals surface area contributed by atoms with E-state index in [0.717, 1.165) is 12.8 Å². The number of aliphatic imine (C=N–C) groups is 2. The molecule has 3 radical (unpaired) electrons. The number of para-hydroxylation sites is 2. The van der Waals surface area contributed by atoms with Gasteiger partial charge in [-0.3, -0.25) is 0 Å². The van der Waals surface area contributed by atoms with Crippen molar-refractivity contribution in [3.8, 4) is 0 Å². The minimum Gasteiger partial charge on any atom is -0.687 e. The minimum absolute atomic E-state index is 0. The van der Waals surface area contributed by atoms with E-state index in [0.29, 0.717) is 11.1 Å². The Morgan fingerprint density at radius 3 is 0.944 bits per heavy atom. The zero-order valence-electron chi connectivity index (χ0n) is 39.7. The monoisotopic (exact) mass is 1070 g/mol. The van der Waals surface area contributed by atoms with Gasteiger partial charge < -0.3 is 4.65 Å². The van der Waals surface area contributed by atoms with E-state index < -0.39 is 133 Å². The molecule has 0 aliphatic heterocycles. The second kappa shape index (κ2) is 23.4. The fourth-order valence-electron chi connectivity index (χ4n) is 7.98. The predicted octanol–water partition coefficient (Wildman–Crippen LogP) is 14.5. The van der Waals surface area contributed by atoms with Crippen LogP contribution in [0.25, 0.3) is 0 Å². The van der Waals surface area contributed by atoms with E-state index in [4.69, 9.17) is 4.65 Å². The van der Waals surface area contributed by atoms with E-state index in [-0.39, 0.29) is 50.8 Å². The third-order valence-corrected chi connectivity index (χ3v) is 11.6. The van der Waals surface area contributed by atoms with Crippen LogP contribution in [0.3, 0.4) is 0 Å². The molecule has 0 aromatic heterocycles. The number of hydrogen-bond acceptors (Lipinski definition) is 3. The number of rotatable bonds is 11. The fraction of sp³-hybridized carbons (Fsp3) is 0.250. The maximum absolute atomic E-state index is 16.5. The molecule has 5 aromatic rings. The quantitative estimate of drug-likeness (QED) is 0.0324. The van der Waals surface area contributed by atoms with Crippen molar-refractivity contribution in [1.82, 2.24) is 0 Å². The summed E-state index contributed by atoms with van der Waals surface area (Å²) in [6.45, 7) is 18.1. The van der Waals surface area contributed by atoms with E-state index in [1.54, 1.807) is 79.7 Å². The van der Waals surface area contributed by atoms with Crippen molar-refractivity contribution >= 4 is 45.7 Å². The van der Waals surface area contributed by atoms with Crippen LogP contribution in [0.1, 0.15) is 108 Å². The van der Waals surface area contributed by atoms with Crippen LogP contribution in [0.15, 0.2) is 70.7 Å². The molecule has 385 valence electrons. The van der Waals surface area contributed by atoms with Crippen molar-refractivity contribution in [1.29, 1.82) is 0 Å². The van der Waals surface area contributed by atoms with Gasteiger partial charge in [0.1, 0.15) is 34.9 Å². The van der Waals surface area contributed by atoms with Crippen molar-refractivity contribution in [2.45, 2.75) is 86.0 Å². The molecule has 0 atom stereocenters. The van der Waals surface area contributed by atoms with E-state index in [1.165, 1.54) is 12.1 Å². The van der Waals surface area contributed by atoms with Crippen molar-refractivity contribution in [2.24, 2.45) is 9.98 Å². The van der Waals surface area contributed by atoms with Gasteiger partial charge in [0.05, 0.1) is 17.1 Å². The molecule has 1 aliphatic carbocycles. The molecule has 0 N–H and O–H groups in total. The predicted molar refractivity (Wildman–Crippen MR) is 245 cm³/mol. The molecule has 72 heavy (non-hydrogen) atoms. The van der Waals surface area contributed by atoms with Crippen molar-refractivity contribution in [3.05, 3.63) is 189 Å². The van der Waals surface area contributed by atoms with Crippen LogP contribution in [0.2, 0.25) is 0 Å². The average molecular weight is 1070 g/mol. The Hall–Kier alpha value is -5.77. The number of nitrogens with zero attached hydrogens (tertiary/aromatic N) is 2. The Balaban J connectivity index is 0.00000129. The van der Waals surface area contributed by atoms with Crippen LogP contribution in [0, 0.1) is 107 Å². The van der Waals surface area contributed by atoms with Crippen LogP contribution >= 0.6 is 0 Å². The zero-order valence-corrected chi connectivity index (χ0v) is 40.7. The van der Waals surface area contributed by atoms with Crippen LogP contribution in [-0.4, -0.2) is 18.0 Å². The van der Waals surface area contributed by atoms with Gasteiger partial charge in [0.15, 0.2) is 58.3 Å². The molecule has 0 unspecified atom stereocenters. The first-order chi connectivity index (χ1) is 33.1. The average Bonchev–Trinajstić information content (AvgIpc) is 3.32. The smallest absolute Gasteiger partial charge is 0.687 e. The second-order valence-electron chi connectivity index (χ2n) is 17.6. The van der Waals surface area contributed by atoms with E-state index in [2.05, 4.69) is 16.9 Å². The molecule has 0 saturated heterocycles. The van der Waals surface area contributed by atoms with Gasteiger partial charge in [-0.1, -0.05) is 132 Å². The van der Waals surface area contributed by atoms with Crippen molar-refractivity contribution in [3.63, 3.8) is 0 Å². The van der Waals surface area contributed by atoms with Crippen LogP contribution in [-0.2, 0) is 21.1 Å². The first-order valence-corrected chi connectivity index (χ1v) is 21.8. The normalized spacial score (nSPS) is 13.4. The van der Waals surface area contributed by atoms with Gasteiger partial charge in [-0.2, -0.15) is 0 Å². The SMILES string of the molecule is CC(=Nc1c(C(C)C)cccc1C(C)C)C(=Nc1c(C(C)C)cccc1C(C)C)O[B-](c1c(F)c(F)c(F)c(F)c1F)(c1c(F)c(F)c(F)c(F)c1F)c1c(F)c(F)c(F)c(F)c1F.[CH2][C]1[CH]C=CC=C1.[Ni+2]. The minimum atomic E-state index is -6.49. The summed E-state index contributed by atoms with van der Waals surface area (Å²) in [5.74, 6) is -49.6. The molecular weight excluding hydrogens is 1020 g/mol. The summed E-state index contributed by atoms with van der Waals surface area (Å²) in [5.41, 5.74) is -8.26. The van der Waals surface area contributed by atoms with Gasteiger partial charge in [-0.05, 0) is 66.2 Å². The van der Waals surface area contributed by atoms with Crippen LogP contribution < -0.4 is 16.4 Å². The number of benzene rings is 5. The van der Waals surface area contributed by atoms with Crippen molar-refractivity contribution < 1.29 is 87.0 Å². The van der Waals surface area contributed by atoms with Gasteiger partial charge in [0, 0.05) is 5.92 Å². The van der Waals surface area contributed by atoms with Gasteiger partial charge in [-0.15, -0.1) is 0 Å². The molecule has 1 aliphatic rings. The second-order valence-corrected chi connectivity index (χ2v) is 17.6. The molecule has 5 aromatic carbocycles. The summed E-state index contributed by atoms with van der Waals surface area (Å²) in [6, 6.07) is 9.32. The van der Waals surface area contributed by atoms with Gasteiger partial charge in [0.2, 0.25) is 0 Å². The molecule has 20 heteroatoms. The molecule has 0 heterocycles. The standard InChI is InChI=1S/C45H37BF15N2O.C7H7.Ni/c1-16(2)21-12-10-13-22(17(3)4)43(21)62-20(9)45(63-44-23(18(5)6)14-11-15-24(44)19(7)8)64-46(25-28(47)34(53)40(59)35(54)29(25)48,26-30(49)36(55)41(60)37(56)31(26)50)27-32(51)38(57)42(61)39(58)33(27)52;1-7-5-3-2-4-6-7;/h10-19H,1-9H3;2-6H,1H2;/q-1;;+2. The Morgan fingerprint density at radius 2 is 0.708 bits per heavy atom. The molecule has 0 spiro atoms. The first-order valence-electron chi connectivity index (χ1n) is 21.8. The molecule has 0 bridgehead atoms. The van der Waals surface area contributed by atoms with E-state index in [1.807, 2.05) is 30.7 Å². The van der Waals surface area contributed by atoms with Crippen LogP contribution in [0.5, 0.6) is 0 Å². The van der Waals surface area contributed by atoms with Gasteiger partial charge >= 0.3 is 16.5 Å². The third kappa shape index (κ3) is 10.9. The summed E-state index contributed by atoms with van der Waals surface area (Å²) in [4.78, 5) is 9.01. The van der Waals surface area contributed by atoms with Crippen molar-refractivity contribution in [2.75, 3.05) is 0 Å². The third-order valence-electron chi connectivity index (χ3n) is 11.6. The fourth-order valence-corrected chi connectivity index (χ4v) is 7.98. The largest absolute Gasteiger partial charge is 2.00 e. The Morgan fingerprint density at radius 1 is 0.431 bits per heavy atom. The Kier molecular flexibility index (Phi) is 19.1. The first kappa shape index (κ1) is 58.8. The molecule has 3 nitrogen and oxygen atoms in total. The molecular formula is C52H44BF15N2NiO+. The summed E-state index contributed by atoms with van der Waals surface area (Å²) in [7, 11) is 0. The number of hydrogen-bond donors (Lipinski definition) is 0. The topological polar surface area (TPSA) is 34.0 Å². The summed E-state index contributed by atoms with van der Waals surface area (Å²) in [6.07, 6.45) is 3.38. The van der Waals surface area contributed by atoms with Gasteiger partial charge in [0.25, 0.3) is 6.35 Å². The van der Waals surface area contributed by atoms with Gasteiger partial charge in [-0.25, -0.2) is 75.8 Å². The maximum atomic E-state index is 16.5. The Bertz CT molecular complexity index is 2700. The molecule has 0 fully saturated rings. The molecule has 0 saturated carbocycles. The van der Waals surface area contributed by atoms with Crippen LogP contribution in [0.4, 0.5) is 77.2 Å². The maximum Gasteiger partial charge on any atom is 2.00 e. The zero-order chi connectivity index (χ0) is 53.3. The Labute approximate surface area is 416 Å². The summed E-state index contributed by atoms with van der Waals surface area (Å²) >= 11 is 0. The van der Waals surface area contributed by atoms with E-state index >= 15 is 52.7 Å². The molecule has 6 rings (SSSR count). The number of allylic oxidation sites excluding steroid dienone is 4. The summed E-state index contributed by atoms with van der Waals surface area (Å²) in [5, 5.41) is 0. The number of halogens is 15. The molecule has 0 amide bonds. The van der Waals surface area contributed by atoms with E-state index in [9.17, 15) is 13.2 Å². The summed E-state index contributed by atoms with van der Waals surface area (Å²) < 4.78 is 242.